The van der Waals surface area contributed by atoms with Gasteiger partial charge in [0.15, 0.2) is 11.2 Å². The molecular weight excluding hydrogens is 552 g/mol. The van der Waals surface area contributed by atoms with Crippen LogP contribution in [0.3, 0.4) is 0 Å². The van der Waals surface area contributed by atoms with Gasteiger partial charge in [-0.15, -0.1) is 0 Å². The van der Waals surface area contributed by atoms with Gasteiger partial charge in [0.05, 0.1) is 18.2 Å². The third-order valence-electron chi connectivity index (χ3n) is 6.17. The summed E-state index contributed by atoms with van der Waals surface area (Å²) in [4.78, 5) is 27.4. The van der Waals surface area contributed by atoms with Gasteiger partial charge < -0.3 is 19.0 Å². The molecule has 8 nitrogen and oxygen atoms in total. The molecule has 2 aromatic heterocycles. The minimum atomic E-state index is -5.12. The number of halogens is 5. The van der Waals surface area contributed by atoms with E-state index in [1.807, 2.05) is 0 Å². The van der Waals surface area contributed by atoms with Crippen LogP contribution in [-0.4, -0.2) is 33.9 Å². The van der Waals surface area contributed by atoms with Crippen molar-refractivity contribution in [2.75, 3.05) is 7.11 Å². The third-order valence-corrected chi connectivity index (χ3v) is 6.77. The first-order valence-electron chi connectivity index (χ1n) is 10.9. The maximum atomic E-state index is 14.4. The first-order valence-corrected chi connectivity index (χ1v) is 11.6. The number of carbonyl (C=O) groups excluding carboxylic acids is 1. The number of rotatable bonds is 6. The third kappa shape index (κ3) is 4.72. The zero-order chi connectivity index (χ0) is 28.0. The van der Waals surface area contributed by atoms with E-state index < -0.39 is 35.0 Å². The monoisotopic (exact) mass is 570 g/mol. The molecule has 200 valence electrons. The van der Waals surface area contributed by atoms with Crippen molar-refractivity contribution in [2.45, 2.75) is 24.6 Å². The molecule has 4 aromatic rings. The molecule has 0 spiro atoms. The number of fused-ring (bicyclic) bond motifs is 1. The molecular formula is C25H19Cl2F3N2O6. The molecule has 2 atom stereocenters. The predicted octanol–water partition coefficient (Wildman–Crippen LogP) is 5.97. The normalized spacial score (nSPS) is 14.2. The maximum Gasteiger partial charge on any atom is 0.422 e. The number of aryl methyl sites for hydroxylation is 1. The Hall–Kier alpha value is -3.54. The van der Waals surface area contributed by atoms with Crippen molar-refractivity contribution in [3.63, 3.8) is 0 Å². The number of aliphatic hydroxyl groups is 1. The predicted molar refractivity (Wildman–Crippen MR) is 132 cm³/mol. The highest BCUT2D eigenvalue weighted by atomic mass is 35.5. The van der Waals surface area contributed by atoms with Gasteiger partial charge in [0, 0.05) is 24.2 Å². The maximum absolute atomic E-state index is 14.4. The second-order valence-corrected chi connectivity index (χ2v) is 9.20. The van der Waals surface area contributed by atoms with E-state index in [2.05, 4.69) is 9.72 Å². The first-order chi connectivity index (χ1) is 17.8. The molecule has 0 amide bonds. The van der Waals surface area contributed by atoms with Gasteiger partial charge in [-0.25, -0.2) is 14.6 Å². The quantitative estimate of drug-likeness (QED) is 0.285. The molecule has 1 N–H and O–H groups in total. The summed E-state index contributed by atoms with van der Waals surface area (Å²) in [5, 5.41) is 11.0. The molecule has 13 heteroatoms. The molecule has 0 aliphatic carbocycles. The molecule has 2 aromatic carbocycles. The topological polar surface area (TPSA) is 104 Å². The fraction of sp³-hybridized carbons (Fsp3) is 0.240. The number of benzene rings is 2. The van der Waals surface area contributed by atoms with Gasteiger partial charge >= 0.3 is 17.9 Å². The highest BCUT2D eigenvalue weighted by molar-refractivity contribution is 6.32. The molecule has 2 unspecified atom stereocenters. The summed E-state index contributed by atoms with van der Waals surface area (Å²) < 4.78 is 59.5. The number of hydrogen-bond acceptors (Lipinski definition) is 7. The standard InChI is InChI=1S/C25H19Cl2F3N2O6/c1-12(24(35,25(28,29)30)14-4-7-20-19(9-14)32(2)23(34)38-20)16-6-5-15(10-17(16)26)37-21-18(27)8-13(11-31-21)22(33)36-3/h4-12,35H,1-3H3. The van der Waals surface area contributed by atoms with E-state index in [1.165, 1.54) is 57.6 Å². The van der Waals surface area contributed by atoms with Crippen LogP contribution >= 0.6 is 23.2 Å². The van der Waals surface area contributed by atoms with E-state index in [4.69, 9.17) is 32.4 Å². The molecule has 0 saturated heterocycles. The summed E-state index contributed by atoms with van der Waals surface area (Å²) in [5.41, 5.74) is -3.66. The zero-order valence-corrected chi connectivity index (χ0v) is 21.5. The van der Waals surface area contributed by atoms with Crippen molar-refractivity contribution >= 4 is 40.3 Å². The van der Waals surface area contributed by atoms with E-state index in [0.29, 0.717) is 0 Å². The molecule has 2 heterocycles. The average molecular weight is 571 g/mol. The second kappa shape index (κ2) is 9.97. The Morgan fingerprint density at radius 1 is 1.13 bits per heavy atom. The summed E-state index contributed by atoms with van der Waals surface area (Å²) in [6.45, 7) is 1.18. The molecule has 0 aliphatic heterocycles. The molecule has 0 bridgehead atoms. The molecule has 0 aliphatic rings. The van der Waals surface area contributed by atoms with Gasteiger partial charge in [0.25, 0.3) is 0 Å². The Kier molecular flexibility index (Phi) is 7.21. The van der Waals surface area contributed by atoms with Crippen molar-refractivity contribution in [3.8, 4) is 11.6 Å². The van der Waals surface area contributed by atoms with Gasteiger partial charge in [0.2, 0.25) is 5.88 Å². The number of pyridine rings is 1. The fourth-order valence-electron chi connectivity index (χ4n) is 4.01. The van der Waals surface area contributed by atoms with Crippen molar-refractivity contribution in [3.05, 3.63) is 85.9 Å². The Labute approximate surface area is 223 Å². The number of esters is 1. The van der Waals surface area contributed by atoms with E-state index in [1.54, 1.807) is 0 Å². The smallest absolute Gasteiger partial charge is 0.422 e. The Morgan fingerprint density at radius 2 is 1.84 bits per heavy atom. The number of ether oxygens (including phenoxy) is 2. The summed E-state index contributed by atoms with van der Waals surface area (Å²) in [6, 6.07) is 8.44. The van der Waals surface area contributed by atoms with Gasteiger partial charge in [-0.05, 0) is 41.5 Å². The van der Waals surface area contributed by atoms with Crippen LogP contribution in [0.2, 0.25) is 10.0 Å². The first kappa shape index (κ1) is 27.5. The average Bonchev–Trinajstić information content (AvgIpc) is 3.15. The fourth-order valence-corrected chi connectivity index (χ4v) is 4.55. The van der Waals surface area contributed by atoms with E-state index >= 15 is 0 Å². The lowest BCUT2D eigenvalue weighted by molar-refractivity contribution is -0.274. The van der Waals surface area contributed by atoms with Crippen LogP contribution < -0.4 is 10.5 Å². The van der Waals surface area contributed by atoms with Crippen LogP contribution in [0.1, 0.15) is 34.3 Å². The SMILES string of the molecule is COC(=O)c1cnc(Oc2ccc(C(C)C(O)(c3ccc4oc(=O)n(C)c4c3)C(F)(F)F)c(Cl)c2)c(Cl)c1. The van der Waals surface area contributed by atoms with Crippen LogP contribution in [0.25, 0.3) is 11.1 Å². The van der Waals surface area contributed by atoms with Crippen LogP contribution in [0.4, 0.5) is 13.2 Å². The molecule has 38 heavy (non-hydrogen) atoms. The Balaban J connectivity index is 1.70. The van der Waals surface area contributed by atoms with Crippen LogP contribution in [0.5, 0.6) is 11.6 Å². The van der Waals surface area contributed by atoms with Crippen molar-refractivity contribution < 1.29 is 37.0 Å². The second-order valence-electron chi connectivity index (χ2n) is 8.38. The molecule has 0 radical (unpaired) electrons. The van der Waals surface area contributed by atoms with Crippen LogP contribution in [0.15, 0.2) is 57.9 Å². The Morgan fingerprint density at radius 3 is 2.45 bits per heavy atom. The minimum Gasteiger partial charge on any atom is -0.465 e. The minimum absolute atomic E-state index is 0.0167. The van der Waals surface area contributed by atoms with Crippen molar-refractivity contribution in [1.82, 2.24) is 9.55 Å². The molecule has 0 fully saturated rings. The summed E-state index contributed by atoms with van der Waals surface area (Å²) >= 11 is 12.5. The number of nitrogens with zero attached hydrogens (tertiary/aromatic N) is 2. The number of aromatic nitrogens is 2. The Bertz CT molecular complexity index is 1600. The van der Waals surface area contributed by atoms with Gasteiger partial charge in [-0.2, -0.15) is 13.2 Å². The lowest BCUT2D eigenvalue weighted by atomic mass is 9.77. The van der Waals surface area contributed by atoms with E-state index in [-0.39, 0.29) is 43.9 Å². The highest BCUT2D eigenvalue weighted by Gasteiger charge is 2.59. The van der Waals surface area contributed by atoms with Crippen LogP contribution in [0, 0.1) is 0 Å². The molecule has 4 rings (SSSR count). The number of carbonyl (C=O) groups is 1. The number of oxazole rings is 1. The van der Waals surface area contributed by atoms with Gasteiger partial charge in [-0.3, -0.25) is 4.57 Å². The summed E-state index contributed by atoms with van der Waals surface area (Å²) in [7, 11) is 2.54. The van der Waals surface area contributed by atoms with E-state index in [0.717, 1.165) is 16.7 Å². The van der Waals surface area contributed by atoms with Crippen molar-refractivity contribution in [2.24, 2.45) is 7.05 Å². The van der Waals surface area contributed by atoms with Crippen LogP contribution in [-0.2, 0) is 17.4 Å². The summed E-state index contributed by atoms with van der Waals surface area (Å²) in [5.74, 6) is -2.99. The highest BCUT2D eigenvalue weighted by Crippen LogP contribution is 2.50. The van der Waals surface area contributed by atoms with Gasteiger partial charge in [0.1, 0.15) is 10.8 Å². The number of alkyl halides is 3. The zero-order valence-electron chi connectivity index (χ0n) is 20.0. The molecule has 0 saturated carbocycles. The number of hydrogen-bond donors (Lipinski definition) is 1. The van der Waals surface area contributed by atoms with Crippen molar-refractivity contribution in [1.29, 1.82) is 0 Å². The van der Waals surface area contributed by atoms with Gasteiger partial charge in [-0.1, -0.05) is 42.3 Å². The number of methoxy groups -OCH3 is 1. The van der Waals surface area contributed by atoms with E-state index in [9.17, 15) is 27.9 Å². The largest absolute Gasteiger partial charge is 0.465 e. The summed E-state index contributed by atoms with van der Waals surface area (Å²) in [6.07, 6.45) is -3.94. The lowest BCUT2D eigenvalue weighted by Gasteiger charge is -2.37. The lowest BCUT2D eigenvalue weighted by Crippen LogP contribution is -2.46.